The van der Waals surface area contributed by atoms with E-state index in [2.05, 4.69) is 35.6 Å². The van der Waals surface area contributed by atoms with E-state index >= 15 is 0 Å². The number of carbonyl (C=O) groups is 1. The second kappa shape index (κ2) is 10.7. The average molecular weight is 513 g/mol. The Morgan fingerprint density at radius 2 is 1.89 bits per heavy atom. The highest BCUT2D eigenvalue weighted by atomic mass is 32.2. The van der Waals surface area contributed by atoms with Crippen molar-refractivity contribution in [3.63, 3.8) is 0 Å². The fraction of sp³-hybridized carbons (Fsp3) is 0.519. The molecule has 3 aromatic rings. The molecule has 0 aliphatic heterocycles. The van der Waals surface area contributed by atoms with Gasteiger partial charge in [-0.25, -0.2) is 18.4 Å². The number of rotatable bonds is 8. The second-order valence-corrected chi connectivity index (χ2v) is 12.5. The number of benzene rings is 1. The van der Waals surface area contributed by atoms with Crippen LogP contribution >= 0.6 is 0 Å². The van der Waals surface area contributed by atoms with E-state index in [1.807, 2.05) is 6.07 Å². The fourth-order valence-corrected chi connectivity index (χ4v) is 6.02. The molecule has 194 valence electrons. The average Bonchev–Trinajstić information content (AvgIpc) is 3.23. The minimum absolute atomic E-state index is 0.104. The zero-order valence-corrected chi connectivity index (χ0v) is 22.4. The summed E-state index contributed by atoms with van der Waals surface area (Å²) in [7, 11) is -2.32. The molecule has 8 nitrogen and oxygen atoms in total. The van der Waals surface area contributed by atoms with Crippen LogP contribution in [0.3, 0.4) is 0 Å². The molecular weight excluding hydrogens is 476 g/mol. The molecule has 0 bridgehead atoms. The van der Waals surface area contributed by atoms with Gasteiger partial charge in [0.2, 0.25) is 9.84 Å². The highest BCUT2D eigenvalue weighted by Gasteiger charge is 2.27. The largest absolute Gasteiger partial charge is 0.383 e. The van der Waals surface area contributed by atoms with E-state index in [9.17, 15) is 13.2 Å². The van der Waals surface area contributed by atoms with Gasteiger partial charge in [-0.15, -0.1) is 0 Å². The highest BCUT2D eigenvalue weighted by Crippen LogP contribution is 2.32. The summed E-state index contributed by atoms with van der Waals surface area (Å²) in [4.78, 5) is 21.3. The lowest BCUT2D eigenvalue weighted by Gasteiger charge is -2.26. The molecule has 1 N–H and O–H groups in total. The van der Waals surface area contributed by atoms with Crippen LogP contribution in [0, 0.1) is 5.92 Å². The number of sulfone groups is 1. The van der Waals surface area contributed by atoms with Crippen LogP contribution in [0.4, 0.5) is 0 Å². The number of pyridine rings is 1. The van der Waals surface area contributed by atoms with Crippen LogP contribution in [0.15, 0.2) is 46.5 Å². The molecule has 2 heterocycles. The molecule has 0 spiro atoms. The lowest BCUT2D eigenvalue weighted by molar-refractivity contribution is 0.0936. The zero-order valence-electron chi connectivity index (χ0n) is 21.6. The van der Waals surface area contributed by atoms with Crippen LogP contribution in [-0.2, 0) is 26.5 Å². The van der Waals surface area contributed by atoms with Gasteiger partial charge in [0.1, 0.15) is 5.82 Å². The van der Waals surface area contributed by atoms with Gasteiger partial charge in [-0.1, -0.05) is 40.0 Å². The smallest absolute Gasteiger partial charge is 0.252 e. The van der Waals surface area contributed by atoms with Crippen molar-refractivity contribution >= 4 is 26.8 Å². The molecular formula is C27H36N4O4S. The quantitative estimate of drug-likeness (QED) is 0.445. The molecule has 0 saturated heterocycles. The van der Waals surface area contributed by atoms with Crippen molar-refractivity contribution in [2.45, 2.75) is 74.8 Å². The van der Waals surface area contributed by atoms with Crippen molar-refractivity contribution in [3.8, 4) is 0 Å². The molecule has 2 aromatic heterocycles. The topological polar surface area (TPSA) is 103 Å². The van der Waals surface area contributed by atoms with Crippen molar-refractivity contribution in [1.82, 2.24) is 19.9 Å². The fourth-order valence-electron chi connectivity index (χ4n) is 4.83. The number of aromatic nitrogens is 3. The standard InChI is InChI=1S/C27H36N4O4S/c1-27(2,3)26-30-22-16-21(11-12-23(22)31(26)18-19-8-6-5-7-9-19)36(33,34)24-13-10-20(17-29-24)25(32)28-14-15-35-4/h10-13,16-17,19H,5-9,14-15,18H2,1-4H3,(H,28,32). The predicted octanol–water partition coefficient (Wildman–Crippen LogP) is 4.52. The SMILES string of the molecule is COCCNC(=O)c1ccc(S(=O)(=O)c2ccc3c(c2)nc(C(C)(C)C)n3CC2CCCCC2)nc1. The Hall–Kier alpha value is -2.78. The summed E-state index contributed by atoms with van der Waals surface area (Å²) in [5, 5.41) is 2.59. The molecule has 1 amide bonds. The maximum atomic E-state index is 13.4. The molecule has 4 rings (SSSR count). The lowest BCUT2D eigenvalue weighted by atomic mass is 9.88. The summed E-state index contributed by atoms with van der Waals surface area (Å²) >= 11 is 0. The van der Waals surface area contributed by atoms with E-state index in [0.29, 0.717) is 24.6 Å². The molecule has 9 heteroatoms. The van der Waals surface area contributed by atoms with Crippen LogP contribution in [0.1, 0.15) is 69.1 Å². The van der Waals surface area contributed by atoms with Gasteiger partial charge < -0.3 is 14.6 Å². The van der Waals surface area contributed by atoms with Crippen molar-refractivity contribution in [2.24, 2.45) is 5.92 Å². The number of amides is 1. The Kier molecular flexibility index (Phi) is 7.80. The van der Waals surface area contributed by atoms with Crippen LogP contribution in [0.2, 0.25) is 0 Å². The maximum Gasteiger partial charge on any atom is 0.252 e. The van der Waals surface area contributed by atoms with Crippen molar-refractivity contribution < 1.29 is 17.9 Å². The third-order valence-electron chi connectivity index (χ3n) is 6.73. The van der Waals surface area contributed by atoms with Crippen LogP contribution < -0.4 is 5.32 Å². The number of nitrogens with zero attached hydrogens (tertiary/aromatic N) is 3. The van der Waals surface area contributed by atoms with E-state index < -0.39 is 9.84 Å². The van der Waals surface area contributed by atoms with Gasteiger partial charge in [0.25, 0.3) is 5.91 Å². The molecule has 0 unspecified atom stereocenters. The first-order chi connectivity index (χ1) is 17.1. The van der Waals surface area contributed by atoms with E-state index in [1.54, 1.807) is 19.2 Å². The molecule has 36 heavy (non-hydrogen) atoms. The molecule has 0 radical (unpaired) electrons. The number of hydrogen-bond donors (Lipinski definition) is 1. The van der Waals surface area contributed by atoms with Crippen LogP contribution in [0.5, 0.6) is 0 Å². The van der Waals surface area contributed by atoms with Gasteiger partial charge in [-0.2, -0.15) is 0 Å². The minimum Gasteiger partial charge on any atom is -0.383 e. The van der Waals surface area contributed by atoms with Gasteiger partial charge in [0.05, 0.1) is 28.1 Å². The Morgan fingerprint density at radius 1 is 1.14 bits per heavy atom. The van der Waals surface area contributed by atoms with Gasteiger partial charge in [0, 0.05) is 31.8 Å². The van der Waals surface area contributed by atoms with Gasteiger partial charge in [0.15, 0.2) is 5.03 Å². The summed E-state index contributed by atoms with van der Waals surface area (Å²) in [6.07, 6.45) is 7.58. The second-order valence-electron chi connectivity index (χ2n) is 10.6. The first-order valence-electron chi connectivity index (χ1n) is 12.6. The Labute approximate surface area is 213 Å². The number of fused-ring (bicyclic) bond motifs is 1. The van der Waals surface area contributed by atoms with E-state index in [-0.39, 0.29) is 26.8 Å². The summed E-state index contributed by atoms with van der Waals surface area (Å²) < 4.78 is 33.9. The molecule has 1 aliphatic carbocycles. The van der Waals surface area contributed by atoms with Gasteiger partial charge in [-0.05, 0) is 49.1 Å². The van der Waals surface area contributed by atoms with Crippen molar-refractivity contribution in [1.29, 1.82) is 0 Å². The van der Waals surface area contributed by atoms with E-state index in [4.69, 9.17) is 9.72 Å². The van der Waals surface area contributed by atoms with Crippen LogP contribution in [0.25, 0.3) is 11.0 Å². The van der Waals surface area contributed by atoms with E-state index in [0.717, 1.165) is 17.9 Å². The molecule has 0 atom stereocenters. The number of ether oxygens (including phenoxy) is 1. The molecule has 1 aliphatic rings. The minimum atomic E-state index is -3.87. The Bertz CT molecular complexity index is 1320. The lowest BCUT2D eigenvalue weighted by Crippen LogP contribution is -2.27. The molecule has 1 fully saturated rings. The number of carbonyl (C=O) groups excluding carboxylic acids is 1. The number of nitrogens with one attached hydrogen (secondary N) is 1. The number of hydrogen-bond acceptors (Lipinski definition) is 6. The Balaban J connectivity index is 1.64. The van der Waals surface area contributed by atoms with Gasteiger partial charge in [-0.3, -0.25) is 4.79 Å². The highest BCUT2D eigenvalue weighted by molar-refractivity contribution is 7.91. The summed E-state index contributed by atoms with van der Waals surface area (Å²) in [6, 6.07) is 7.98. The molecule has 1 saturated carbocycles. The van der Waals surface area contributed by atoms with Crippen molar-refractivity contribution in [2.75, 3.05) is 20.3 Å². The predicted molar refractivity (Wildman–Crippen MR) is 139 cm³/mol. The normalized spacial score (nSPS) is 15.3. The first-order valence-corrected chi connectivity index (χ1v) is 14.1. The number of imidazole rings is 1. The van der Waals surface area contributed by atoms with E-state index in [1.165, 1.54) is 50.4 Å². The summed E-state index contributed by atoms with van der Waals surface area (Å²) in [6.45, 7) is 8.08. The molecule has 1 aromatic carbocycles. The first kappa shape index (κ1) is 26.3. The monoisotopic (exact) mass is 512 g/mol. The van der Waals surface area contributed by atoms with Crippen LogP contribution in [-0.4, -0.2) is 49.1 Å². The zero-order chi connectivity index (χ0) is 25.9. The van der Waals surface area contributed by atoms with Crippen molar-refractivity contribution in [3.05, 3.63) is 47.9 Å². The maximum absolute atomic E-state index is 13.4. The third kappa shape index (κ3) is 5.62. The summed E-state index contributed by atoms with van der Waals surface area (Å²) in [5.74, 6) is 1.26. The Morgan fingerprint density at radius 3 is 2.53 bits per heavy atom. The summed E-state index contributed by atoms with van der Waals surface area (Å²) in [5.41, 5.74) is 1.75. The van der Waals surface area contributed by atoms with Gasteiger partial charge >= 0.3 is 0 Å². The third-order valence-corrected chi connectivity index (χ3v) is 8.40. The number of methoxy groups -OCH3 is 1.